The summed E-state index contributed by atoms with van der Waals surface area (Å²) in [6, 6.07) is 5.12. The number of hydrogen-bond acceptors (Lipinski definition) is 4. The van der Waals surface area contributed by atoms with Crippen molar-refractivity contribution in [2.75, 3.05) is 19.0 Å². The molecule has 7 heteroatoms. The van der Waals surface area contributed by atoms with Crippen molar-refractivity contribution in [1.29, 1.82) is 0 Å². The van der Waals surface area contributed by atoms with Gasteiger partial charge in [-0.15, -0.1) is 0 Å². The molecule has 1 aliphatic carbocycles. The number of rotatable bonds is 4. The van der Waals surface area contributed by atoms with Crippen molar-refractivity contribution in [1.82, 2.24) is 4.72 Å². The van der Waals surface area contributed by atoms with E-state index in [9.17, 15) is 13.5 Å². The Hall–Kier alpha value is -0.630. The average molecular weight is 377 g/mol. The number of anilines is 1. The van der Waals surface area contributed by atoms with Crippen LogP contribution >= 0.6 is 15.9 Å². The molecule has 1 fully saturated rings. The summed E-state index contributed by atoms with van der Waals surface area (Å²) in [6.45, 7) is 0. The van der Waals surface area contributed by atoms with Gasteiger partial charge in [0.1, 0.15) is 4.90 Å². The first-order valence-electron chi connectivity index (χ1n) is 6.97. The summed E-state index contributed by atoms with van der Waals surface area (Å²) in [4.78, 5) is 2.05. The SMILES string of the molecule is CN(C)c1ccc(Br)cc1S(=O)(=O)NC1CCC(O)CC1. The summed E-state index contributed by atoms with van der Waals surface area (Å²) in [5.41, 5.74) is 0.654. The van der Waals surface area contributed by atoms with E-state index in [-0.39, 0.29) is 17.0 Å². The van der Waals surface area contributed by atoms with Gasteiger partial charge in [-0.1, -0.05) is 15.9 Å². The number of sulfonamides is 1. The molecule has 2 N–H and O–H groups in total. The third-order valence-electron chi connectivity index (χ3n) is 3.71. The van der Waals surface area contributed by atoms with E-state index in [2.05, 4.69) is 20.7 Å². The topological polar surface area (TPSA) is 69.6 Å². The van der Waals surface area contributed by atoms with E-state index in [1.807, 2.05) is 20.2 Å². The second-order valence-electron chi connectivity index (χ2n) is 5.63. The van der Waals surface area contributed by atoms with Gasteiger partial charge in [0, 0.05) is 24.6 Å². The predicted molar refractivity (Wildman–Crippen MR) is 87.1 cm³/mol. The Morgan fingerprint density at radius 1 is 1.24 bits per heavy atom. The lowest BCUT2D eigenvalue weighted by Gasteiger charge is -2.27. The Morgan fingerprint density at radius 3 is 2.43 bits per heavy atom. The molecule has 0 aliphatic heterocycles. The number of hydrogen-bond donors (Lipinski definition) is 2. The van der Waals surface area contributed by atoms with Gasteiger partial charge in [-0.05, 0) is 43.9 Å². The van der Waals surface area contributed by atoms with Gasteiger partial charge in [-0.25, -0.2) is 13.1 Å². The molecule has 0 spiro atoms. The third kappa shape index (κ3) is 4.18. The molecule has 1 aromatic carbocycles. The highest BCUT2D eigenvalue weighted by Gasteiger charge is 2.27. The molecule has 5 nitrogen and oxygen atoms in total. The van der Waals surface area contributed by atoms with Crippen molar-refractivity contribution in [3.8, 4) is 0 Å². The fourth-order valence-electron chi connectivity index (χ4n) is 2.55. The Morgan fingerprint density at radius 2 is 1.86 bits per heavy atom. The maximum atomic E-state index is 12.6. The second kappa shape index (κ2) is 6.64. The van der Waals surface area contributed by atoms with Crippen molar-refractivity contribution in [3.05, 3.63) is 22.7 Å². The zero-order chi connectivity index (χ0) is 15.6. The molecule has 0 heterocycles. The summed E-state index contributed by atoms with van der Waals surface area (Å²) >= 11 is 3.33. The largest absolute Gasteiger partial charge is 0.393 e. The fourth-order valence-corrected chi connectivity index (χ4v) is 4.67. The fraction of sp³-hybridized carbons (Fsp3) is 0.571. The summed E-state index contributed by atoms with van der Waals surface area (Å²) in [5, 5.41) is 9.51. The normalized spacial score (nSPS) is 23.0. The van der Waals surface area contributed by atoms with E-state index in [4.69, 9.17) is 0 Å². The van der Waals surface area contributed by atoms with Crippen molar-refractivity contribution in [3.63, 3.8) is 0 Å². The molecule has 21 heavy (non-hydrogen) atoms. The molecular formula is C14H21BrN2O3S. The zero-order valence-corrected chi connectivity index (χ0v) is 14.6. The van der Waals surface area contributed by atoms with Crippen LogP contribution in [-0.4, -0.2) is 39.8 Å². The van der Waals surface area contributed by atoms with E-state index in [0.717, 1.165) is 4.47 Å². The van der Waals surface area contributed by atoms with Gasteiger partial charge in [0.15, 0.2) is 0 Å². The van der Waals surface area contributed by atoms with Gasteiger partial charge in [0.05, 0.1) is 11.8 Å². The van der Waals surface area contributed by atoms with E-state index >= 15 is 0 Å². The van der Waals surface area contributed by atoms with Gasteiger partial charge in [0.25, 0.3) is 0 Å². The number of benzene rings is 1. The Labute approximate surface area is 134 Å². The second-order valence-corrected chi connectivity index (χ2v) is 8.23. The van der Waals surface area contributed by atoms with Crippen molar-refractivity contribution < 1.29 is 13.5 Å². The molecule has 0 radical (unpaired) electrons. The quantitative estimate of drug-likeness (QED) is 0.843. The number of nitrogens with zero attached hydrogens (tertiary/aromatic N) is 1. The maximum absolute atomic E-state index is 12.6. The summed E-state index contributed by atoms with van der Waals surface area (Å²) in [7, 11) is 0.0585. The first kappa shape index (κ1) is 16.7. The minimum absolute atomic E-state index is 0.104. The molecule has 1 aromatic rings. The van der Waals surface area contributed by atoms with Gasteiger partial charge in [-0.2, -0.15) is 0 Å². The molecule has 1 saturated carbocycles. The summed E-state index contributed by atoms with van der Waals surface area (Å²) in [6.07, 6.45) is 2.34. The number of aliphatic hydroxyl groups is 1. The summed E-state index contributed by atoms with van der Waals surface area (Å²) < 4.78 is 28.8. The molecule has 0 aromatic heterocycles. The van der Waals surface area contributed by atoms with Crippen LogP contribution in [0, 0.1) is 0 Å². The minimum atomic E-state index is -3.58. The maximum Gasteiger partial charge on any atom is 0.242 e. The monoisotopic (exact) mass is 376 g/mol. The molecule has 1 aliphatic rings. The van der Waals surface area contributed by atoms with Crippen LogP contribution < -0.4 is 9.62 Å². The van der Waals surface area contributed by atoms with Crippen LogP contribution in [0.4, 0.5) is 5.69 Å². The average Bonchev–Trinajstić information content (AvgIpc) is 2.41. The van der Waals surface area contributed by atoms with Crippen LogP contribution in [-0.2, 0) is 10.0 Å². The van der Waals surface area contributed by atoms with Crippen molar-refractivity contribution >= 4 is 31.6 Å². The highest BCUT2D eigenvalue weighted by atomic mass is 79.9. The van der Waals surface area contributed by atoms with Crippen LogP contribution in [0.5, 0.6) is 0 Å². The standard InChI is InChI=1S/C14H21BrN2O3S/c1-17(2)13-8-3-10(15)9-14(13)21(19,20)16-11-4-6-12(18)7-5-11/h3,8-9,11-12,16,18H,4-7H2,1-2H3. The first-order valence-corrected chi connectivity index (χ1v) is 9.24. The van der Waals surface area contributed by atoms with Gasteiger partial charge >= 0.3 is 0 Å². The van der Waals surface area contributed by atoms with Crippen molar-refractivity contribution in [2.24, 2.45) is 0 Å². The molecule has 0 atom stereocenters. The van der Waals surface area contributed by atoms with Crippen LogP contribution in [0.15, 0.2) is 27.6 Å². The van der Waals surface area contributed by atoms with Crippen LogP contribution in [0.3, 0.4) is 0 Å². The lowest BCUT2D eigenvalue weighted by Crippen LogP contribution is -2.39. The van der Waals surface area contributed by atoms with Gasteiger partial charge in [-0.3, -0.25) is 0 Å². The molecule has 2 rings (SSSR count). The molecular weight excluding hydrogens is 356 g/mol. The van der Waals surface area contributed by atoms with Crippen LogP contribution in [0.1, 0.15) is 25.7 Å². The van der Waals surface area contributed by atoms with E-state index in [1.165, 1.54) is 0 Å². The van der Waals surface area contributed by atoms with Crippen LogP contribution in [0.25, 0.3) is 0 Å². The van der Waals surface area contributed by atoms with E-state index < -0.39 is 10.0 Å². The number of nitrogens with one attached hydrogen (secondary N) is 1. The van der Waals surface area contributed by atoms with E-state index in [0.29, 0.717) is 31.4 Å². The summed E-state index contributed by atoms with van der Waals surface area (Å²) in [5.74, 6) is 0. The Bertz CT molecular complexity index is 596. The van der Waals surface area contributed by atoms with E-state index in [1.54, 1.807) is 17.0 Å². The predicted octanol–water partition coefficient (Wildman–Crippen LogP) is 2.10. The van der Waals surface area contributed by atoms with Gasteiger partial charge < -0.3 is 10.0 Å². The third-order valence-corrected chi connectivity index (χ3v) is 5.75. The Kier molecular flexibility index (Phi) is 5.29. The lowest BCUT2D eigenvalue weighted by atomic mass is 9.94. The smallest absolute Gasteiger partial charge is 0.242 e. The molecule has 0 amide bonds. The van der Waals surface area contributed by atoms with Crippen molar-refractivity contribution in [2.45, 2.75) is 42.7 Å². The minimum Gasteiger partial charge on any atom is -0.393 e. The lowest BCUT2D eigenvalue weighted by molar-refractivity contribution is 0.120. The zero-order valence-electron chi connectivity index (χ0n) is 12.2. The molecule has 0 saturated heterocycles. The van der Waals surface area contributed by atoms with Gasteiger partial charge in [0.2, 0.25) is 10.0 Å². The number of halogens is 1. The van der Waals surface area contributed by atoms with Crippen LogP contribution in [0.2, 0.25) is 0 Å². The molecule has 0 bridgehead atoms. The Balaban J connectivity index is 2.25. The first-order chi connectivity index (χ1) is 9.79. The highest BCUT2D eigenvalue weighted by molar-refractivity contribution is 9.10. The highest BCUT2D eigenvalue weighted by Crippen LogP contribution is 2.28. The number of aliphatic hydroxyl groups excluding tert-OH is 1. The molecule has 0 unspecified atom stereocenters. The molecule has 118 valence electrons.